The lowest BCUT2D eigenvalue weighted by Crippen LogP contribution is -2.33. The smallest absolute Gasteiger partial charge is 0.229 e. The number of rotatable bonds is 3. The van der Waals surface area contributed by atoms with Gasteiger partial charge >= 0.3 is 0 Å². The fraction of sp³-hybridized carbons (Fsp3) is 0.500. The molecule has 0 unspecified atom stereocenters. The maximum Gasteiger partial charge on any atom is 0.229 e. The predicted octanol–water partition coefficient (Wildman–Crippen LogP) is 4.75. The van der Waals surface area contributed by atoms with E-state index < -0.39 is 0 Å². The maximum absolute atomic E-state index is 4.74. The Bertz CT molecular complexity index is 682. The number of anilines is 3. The zero-order valence-corrected chi connectivity index (χ0v) is 15.2. The Kier molecular flexibility index (Phi) is 4.74. The molecule has 1 aromatic carbocycles. The first-order valence-corrected chi connectivity index (χ1v) is 8.88. The first kappa shape index (κ1) is 16.7. The van der Waals surface area contributed by atoms with E-state index in [0.717, 1.165) is 30.5 Å². The Morgan fingerprint density at radius 2 is 1.79 bits per heavy atom. The number of nitrogens with one attached hydrogen (secondary N) is 1. The fourth-order valence-electron chi connectivity index (χ4n) is 3.19. The van der Waals surface area contributed by atoms with Crippen LogP contribution in [0.25, 0.3) is 0 Å². The molecule has 0 bridgehead atoms. The van der Waals surface area contributed by atoms with Crippen molar-refractivity contribution in [2.75, 3.05) is 23.3 Å². The lowest BCUT2D eigenvalue weighted by atomic mass is 9.86. The topological polar surface area (TPSA) is 41.1 Å². The molecule has 1 aromatic heterocycles. The Labute approximate surface area is 145 Å². The Morgan fingerprint density at radius 1 is 1.08 bits per heavy atom. The molecule has 1 N–H and O–H groups in total. The van der Waals surface area contributed by atoms with Gasteiger partial charge < -0.3 is 10.2 Å². The molecule has 1 aliphatic rings. The minimum absolute atomic E-state index is 0.0736. The van der Waals surface area contributed by atoms with Crippen LogP contribution in [0.3, 0.4) is 0 Å². The molecular weight excluding hydrogens is 296 g/mol. The van der Waals surface area contributed by atoms with Crippen LogP contribution in [0, 0.1) is 5.92 Å². The van der Waals surface area contributed by atoms with Crippen LogP contribution in [0.15, 0.2) is 36.5 Å². The highest BCUT2D eigenvalue weighted by atomic mass is 15.2. The molecule has 24 heavy (non-hydrogen) atoms. The number of piperidine rings is 1. The molecule has 0 saturated carbocycles. The second-order valence-corrected chi connectivity index (χ2v) is 7.83. The van der Waals surface area contributed by atoms with Gasteiger partial charge in [0.15, 0.2) is 0 Å². The summed E-state index contributed by atoms with van der Waals surface area (Å²) in [6.45, 7) is 11.2. The summed E-state index contributed by atoms with van der Waals surface area (Å²) >= 11 is 0. The van der Waals surface area contributed by atoms with E-state index in [-0.39, 0.29) is 5.41 Å². The first-order valence-electron chi connectivity index (χ1n) is 8.88. The van der Waals surface area contributed by atoms with Crippen LogP contribution in [-0.2, 0) is 5.41 Å². The van der Waals surface area contributed by atoms with E-state index in [0.29, 0.717) is 5.95 Å². The van der Waals surface area contributed by atoms with E-state index >= 15 is 0 Å². The van der Waals surface area contributed by atoms with Gasteiger partial charge in [-0.3, -0.25) is 0 Å². The number of para-hydroxylation sites is 1. The van der Waals surface area contributed by atoms with Crippen LogP contribution in [-0.4, -0.2) is 23.1 Å². The normalized spacial score (nSPS) is 16.2. The number of hydrogen-bond donors (Lipinski definition) is 1. The zero-order valence-electron chi connectivity index (χ0n) is 15.2. The predicted molar refractivity (Wildman–Crippen MR) is 101 cm³/mol. The summed E-state index contributed by atoms with van der Waals surface area (Å²) in [5.74, 6) is 2.51. The molecule has 0 aliphatic carbocycles. The average molecular weight is 324 g/mol. The molecule has 1 aliphatic heterocycles. The SMILES string of the molecule is CC1CCN(c2ccnc(Nc3ccccc3C(C)(C)C)n2)CC1. The van der Waals surface area contributed by atoms with Gasteiger partial charge in [0.25, 0.3) is 0 Å². The van der Waals surface area contributed by atoms with Gasteiger partial charge in [-0.05, 0) is 41.9 Å². The molecule has 2 heterocycles. The lowest BCUT2D eigenvalue weighted by Gasteiger charge is -2.31. The van der Waals surface area contributed by atoms with Gasteiger partial charge in [-0.25, -0.2) is 4.98 Å². The van der Waals surface area contributed by atoms with Crippen molar-refractivity contribution in [3.05, 3.63) is 42.1 Å². The van der Waals surface area contributed by atoms with Crippen molar-refractivity contribution in [3.63, 3.8) is 0 Å². The average Bonchev–Trinajstić information content (AvgIpc) is 2.55. The molecule has 1 saturated heterocycles. The summed E-state index contributed by atoms with van der Waals surface area (Å²) < 4.78 is 0. The van der Waals surface area contributed by atoms with Crippen molar-refractivity contribution in [1.82, 2.24) is 9.97 Å². The quantitative estimate of drug-likeness (QED) is 0.884. The van der Waals surface area contributed by atoms with Gasteiger partial charge in [0.2, 0.25) is 5.95 Å². The Morgan fingerprint density at radius 3 is 2.50 bits per heavy atom. The van der Waals surface area contributed by atoms with Crippen molar-refractivity contribution < 1.29 is 0 Å². The first-order chi connectivity index (χ1) is 11.4. The second kappa shape index (κ2) is 6.80. The zero-order chi connectivity index (χ0) is 17.2. The van der Waals surface area contributed by atoms with E-state index in [1.807, 2.05) is 18.3 Å². The number of hydrogen-bond acceptors (Lipinski definition) is 4. The van der Waals surface area contributed by atoms with E-state index in [9.17, 15) is 0 Å². The monoisotopic (exact) mass is 324 g/mol. The number of nitrogens with zero attached hydrogens (tertiary/aromatic N) is 3. The van der Waals surface area contributed by atoms with E-state index in [1.165, 1.54) is 18.4 Å². The van der Waals surface area contributed by atoms with E-state index in [4.69, 9.17) is 4.98 Å². The lowest BCUT2D eigenvalue weighted by molar-refractivity contribution is 0.436. The number of aromatic nitrogens is 2. The maximum atomic E-state index is 4.74. The molecule has 1 fully saturated rings. The molecule has 2 aromatic rings. The third-order valence-corrected chi connectivity index (χ3v) is 4.73. The second-order valence-electron chi connectivity index (χ2n) is 7.83. The van der Waals surface area contributed by atoms with Crippen LogP contribution in [0.5, 0.6) is 0 Å². The molecule has 4 nitrogen and oxygen atoms in total. The van der Waals surface area contributed by atoms with Gasteiger partial charge in [-0.2, -0.15) is 4.98 Å². The molecule has 4 heteroatoms. The Balaban J connectivity index is 1.81. The molecule has 0 spiro atoms. The van der Waals surface area contributed by atoms with Crippen LogP contribution < -0.4 is 10.2 Å². The van der Waals surface area contributed by atoms with Gasteiger partial charge in [-0.1, -0.05) is 45.9 Å². The van der Waals surface area contributed by atoms with E-state index in [1.54, 1.807) is 0 Å². The molecule has 0 amide bonds. The standard InChI is InChI=1S/C20H28N4/c1-15-10-13-24(14-11-15)18-9-12-21-19(23-18)22-17-8-6-5-7-16(17)20(2,3)4/h5-9,12,15H,10-11,13-14H2,1-4H3,(H,21,22,23). The van der Waals surface area contributed by atoms with Crippen LogP contribution in [0.2, 0.25) is 0 Å². The van der Waals surface area contributed by atoms with E-state index in [2.05, 4.69) is 61.1 Å². The largest absolute Gasteiger partial charge is 0.356 e. The minimum Gasteiger partial charge on any atom is -0.356 e. The summed E-state index contributed by atoms with van der Waals surface area (Å²) in [5.41, 5.74) is 2.42. The summed E-state index contributed by atoms with van der Waals surface area (Å²) in [7, 11) is 0. The van der Waals surface area contributed by atoms with Gasteiger partial charge in [-0.15, -0.1) is 0 Å². The molecule has 0 radical (unpaired) electrons. The van der Waals surface area contributed by atoms with Crippen molar-refractivity contribution >= 4 is 17.5 Å². The van der Waals surface area contributed by atoms with Crippen molar-refractivity contribution in [2.24, 2.45) is 5.92 Å². The third kappa shape index (κ3) is 3.86. The third-order valence-electron chi connectivity index (χ3n) is 4.73. The molecule has 0 atom stereocenters. The summed E-state index contributed by atoms with van der Waals surface area (Å²) in [5, 5.41) is 3.42. The molecular formula is C20H28N4. The summed E-state index contributed by atoms with van der Waals surface area (Å²) in [6, 6.07) is 10.4. The molecule has 3 rings (SSSR count). The molecule has 128 valence electrons. The summed E-state index contributed by atoms with van der Waals surface area (Å²) in [6.07, 6.45) is 4.32. The highest BCUT2D eigenvalue weighted by Gasteiger charge is 2.19. The van der Waals surface area contributed by atoms with Gasteiger partial charge in [0, 0.05) is 25.0 Å². The van der Waals surface area contributed by atoms with Crippen LogP contribution >= 0.6 is 0 Å². The highest BCUT2D eigenvalue weighted by Crippen LogP contribution is 2.31. The summed E-state index contributed by atoms with van der Waals surface area (Å²) in [4.78, 5) is 11.5. The van der Waals surface area contributed by atoms with Crippen LogP contribution in [0.4, 0.5) is 17.5 Å². The van der Waals surface area contributed by atoms with Crippen molar-refractivity contribution in [1.29, 1.82) is 0 Å². The number of benzene rings is 1. The van der Waals surface area contributed by atoms with Crippen LogP contribution in [0.1, 0.15) is 46.1 Å². The highest BCUT2D eigenvalue weighted by molar-refractivity contribution is 5.61. The van der Waals surface area contributed by atoms with Gasteiger partial charge in [0.05, 0.1) is 0 Å². The van der Waals surface area contributed by atoms with Crippen molar-refractivity contribution in [3.8, 4) is 0 Å². The Hall–Kier alpha value is -2.10. The minimum atomic E-state index is 0.0736. The fourth-order valence-corrected chi connectivity index (χ4v) is 3.19. The van der Waals surface area contributed by atoms with Crippen molar-refractivity contribution in [2.45, 2.75) is 46.0 Å². The van der Waals surface area contributed by atoms with Gasteiger partial charge in [0.1, 0.15) is 5.82 Å².